The lowest BCUT2D eigenvalue weighted by Gasteiger charge is -2.35. The van der Waals surface area contributed by atoms with Crippen LogP contribution in [0.15, 0.2) is 0 Å². The maximum Gasteiger partial charge on any atom is 0.0422 e. The van der Waals surface area contributed by atoms with Gasteiger partial charge in [-0.25, -0.2) is 0 Å². The molecular weight excluding hydrogens is 179 g/mol. The largest absolute Gasteiger partial charge is 0.271 e. The van der Waals surface area contributed by atoms with Gasteiger partial charge in [0.2, 0.25) is 0 Å². The van der Waals surface area contributed by atoms with Gasteiger partial charge in [0, 0.05) is 27.0 Å². The minimum absolute atomic E-state index is 0.0810. The Kier molecular flexibility index (Phi) is 3.23. The van der Waals surface area contributed by atoms with Crippen LogP contribution in [0, 0.1) is 0 Å². The quantitative estimate of drug-likeness (QED) is 0.600. The van der Waals surface area contributed by atoms with E-state index < -0.39 is 0 Å². The van der Waals surface area contributed by atoms with Crippen molar-refractivity contribution in [1.82, 2.24) is 9.34 Å². The first-order valence-electron chi connectivity index (χ1n) is 5.50. The van der Waals surface area contributed by atoms with Crippen molar-refractivity contribution in [2.45, 2.75) is 37.8 Å². The van der Waals surface area contributed by atoms with Crippen LogP contribution in [0.4, 0.5) is 0 Å². The second-order valence-corrected chi connectivity index (χ2v) is 7.11. The fraction of sp³-hybridized carbons (Fsp3) is 1.00. The highest BCUT2D eigenvalue weighted by molar-refractivity contribution is 7.53. The Morgan fingerprint density at radius 1 is 0.923 bits per heavy atom. The van der Waals surface area contributed by atoms with E-state index in [1.807, 2.05) is 0 Å². The topological polar surface area (TPSA) is 6.48 Å². The summed E-state index contributed by atoms with van der Waals surface area (Å²) >= 11 is 0. The Labute approximate surface area is 83.1 Å². The highest BCUT2D eigenvalue weighted by atomic mass is 31.1. The lowest BCUT2D eigenvalue weighted by atomic mass is 10.0. The van der Waals surface area contributed by atoms with Crippen LogP contribution in [-0.4, -0.2) is 42.2 Å². The summed E-state index contributed by atoms with van der Waals surface area (Å²) in [6.45, 7) is 2.58. The van der Waals surface area contributed by atoms with Crippen molar-refractivity contribution >= 4 is 8.22 Å². The molecule has 1 saturated carbocycles. The molecule has 0 N–H and O–H groups in total. The summed E-state index contributed by atoms with van der Waals surface area (Å²) in [6, 6.07) is 0. The normalized spacial score (nSPS) is 30.0. The first kappa shape index (κ1) is 9.89. The average molecular weight is 200 g/mol. The monoisotopic (exact) mass is 200 g/mol. The smallest absolute Gasteiger partial charge is 0.0422 e. The molecule has 1 aliphatic heterocycles. The molecule has 0 aromatic carbocycles. The van der Waals surface area contributed by atoms with Crippen molar-refractivity contribution < 1.29 is 0 Å². The lowest BCUT2D eigenvalue weighted by molar-refractivity contribution is 0.488. The van der Waals surface area contributed by atoms with E-state index in [9.17, 15) is 0 Å². The van der Waals surface area contributed by atoms with E-state index in [1.165, 1.54) is 45.2 Å². The molecule has 0 spiro atoms. The van der Waals surface area contributed by atoms with Crippen molar-refractivity contribution in [3.05, 3.63) is 0 Å². The van der Waals surface area contributed by atoms with E-state index in [-0.39, 0.29) is 8.22 Å². The zero-order valence-electron chi connectivity index (χ0n) is 8.87. The van der Waals surface area contributed by atoms with E-state index in [2.05, 4.69) is 23.4 Å². The van der Waals surface area contributed by atoms with Gasteiger partial charge in [0.15, 0.2) is 0 Å². The van der Waals surface area contributed by atoms with Gasteiger partial charge in [-0.2, -0.15) is 0 Å². The summed E-state index contributed by atoms with van der Waals surface area (Å²) in [5, 5.41) is 0. The summed E-state index contributed by atoms with van der Waals surface area (Å²) < 4.78 is 5.20. The molecule has 3 heteroatoms. The molecule has 2 aliphatic rings. The number of hydrogen-bond acceptors (Lipinski definition) is 2. The highest BCUT2D eigenvalue weighted by Crippen LogP contribution is 2.54. The van der Waals surface area contributed by atoms with Gasteiger partial charge in [-0.1, -0.05) is 19.3 Å². The van der Waals surface area contributed by atoms with Gasteiger partial charge < -0.3 is 0 Å². The van der Waals surface area contributed by atoms with E-state index in [4.69, 9.17) is 0 Å². The van der Waals surface area contributed by atoms with Gasteiger partial charge in [0.05, 0.1) is 0 Å². The maximum atomic E-state index is 2.60. The van der Waals surface area contributed by atoms with Gasteiger partial charge in [-0.05, 0) is 26.9 Å². The van der Waals surface area contributed by atoms with Crippen molar-refractivity contribution in [2.75, 3.05) is 27.2 Å². The third-order valence-electron chi connectivity index (χ3n) is 3.35. The summed E-state index contributed by atoms with van der Waals surface area (Å²) in [6.07, 6.45) is 7.41. The van der Waals surface area contributed by atoms with Gasteiger partial charge in [0.1, 0.15) is 0 Å². The minimum atomic E-state index is 0.0810. The number of rotatable bonds is 1. The second-order valence-electron chi connectivity index (χ2n) is 4.37. The van der Waals surface area contributed by atoms with Crippen LogP contribution in [-0.2, 0) is 0 Å². The first-order chi connectivity index (χ1) is 6.29. The standard InChI is InChI=1S/C10H21N2P/c1-11-8-9-12(2)13(11)10-6-4-3-5-7-10/h10H,3-9H2,1-2H3. The summed E-state index contributed by atoms with van der Waals surface area (Å²) in [7, 11) is 4.70. The molecule has 76 valence electrons. The van der Waals surface area contributed by atoms with Crippen LogP contribution in [0.25, 0.3) is 0 Å². The molecule has 0 aromatic heterocycles. The Morgan fingerprint density at radius 3 is 2.00 bits per heavy atom. The van der Waals surface area contributed by atoms with Gasteiger partial charge in [-0.15, -0.1) is 0 Å². The predicted octanol–water partition coefficient (Wildman–Crippen LogP) is 2.51. The summed E-state index contributed by atoms with van der Waals surface area (Å²) in [5.41, 5.74) is 1.02. The van der Waals surface area contributed by atoms with Crippen LogP contribution < -0.4 is 0 Å². The van der Waals surface area contributed by atoms with Crippen molar-refractivity contribution in [3.63, 3.8) is 0 Å². The Bertz CT molecular complexity index is 158. The Morgan fingerprint density at radius 2 is 1.46 bits per heavy atom. The maximum absolute atomic E-state index is 2.60. The number of likely N-dealkylation sites (N-methyl/N-ethyl adjacent to an activating group) is 2. The lowest BCUT2D eigenvalue weighted by Crippen LogP contribution is -2.21. The average Bonchev–Trinajstić information content (AvgIpc) is 2.48. The molecule has 2 fully saturated rings. The molecule has 0 unspecified atom stereocenters. The molecule has 0 atom stereocenters. The molecule has 1 aliphatic carbocycles. The SMILES string of the molecule is CN1CCN(C)P1C1CCCCC1. The zero-order valence-corrected chi connectivity index (χ0v) is 9.76. The Balaban J connectivity index is 1.96. The molecule has 13 heavy (non-hydrogen) atoms. The Hall–Kier alpha value is 0.350. The van der Waals surface area contributed by atoms with E-state index >= 15 is 0 Å². The molecule has 0 bridgehead atoms. The van der Waals surface area contributed by atoms with E-state index in [0.717, 1.165) is 5.66 Å². The minimum Gasteiger partial charge on any atom is -0.271 e. The molecule has 0 amide bonds. The van der Waals surface area contributed by atoms with Gasteiger partial charge in [0.25, 0.3) is 0 Å². The van der Waals surface area contributed by atoms with E-state index in [0.29, 0.717) is 0 Å². The molecule has 2 nitrogen and oxygen atoms in total. The van der Waals surface area contributed by atoms with Crippen molar-refractivity contribution in [2.24, 2.45) is 0 Å². The fourth-order valence-electron chi connectivity index (χ4n) is 2.62. The van der Waals surface area contributed by atoms with Crippen LogP contribution in [0.5, 0.6) is 0 Å². The first-order valence-corrected chi connectivity index (χ1v) is 6.82. The van der Waals surface area contributed by atoms with Crippen molar-refractivity contribution in [1.29, 1.82) is 0 Å². The number of nitrogens with zero attached hydrogens (tertiary/aromatic N) is 2. The third-order valence-corrected chi connectivity index (χ3v) is 6.32. The van der Waals surface area contributed by atoms with Crippen LogP contribution in [0.2, 0.25) is 0 Å². The highest BCUT2D eigenvalue weighted by Gasteiger charge is 2.33. The molecule has 2 rings (SSSR count). The van der Waals surface area contributed by atoms with Crippen LogP contribution in [0.3, 0.4) is 0 Å². The zero-order chi connectivity index (χ0) is 9.26. The summed E-state index contributed by atoms with van der Waals surface area (Å²) in [4.78, 5) is 0. The van der Waals surface area contributed by atoms with Gasteiger partial charge >= 0.3 is 0 Å². The third kappa shape index (κ3) is 2.06. The predicted molar refractivity (Wildman–Crippen MR) is 59.1 cm³/mol. The van der Waals surface area contributed by atoms with Crippen molar-refractivity contribution in [3.8, 4) is 0 Å². The molecule has 1 heterocycles. The van der Waals surface area contributed by atoms with E-state index in [1.54, 1.807) is 0 Å². The molecule has 0 aromatic rings. The van der Waals surface area contributed by atoms with Gasteiger partial charge in [-0.3, -0.25) is 9.34 Å². The number of hydrogen-bond donors (Lipinski definition) is 0. The molecule has 1 saturated heterocycles. The molecular formula is C10H21N2P. The second kappa shape index (κ2) is 4.25. The fourth-order valence-corrected chi connectivity index (χ4v) is 5.68. The summed E-state index contributed by atoms with van der Waals surface area (Å²) in [5.74, 6) is 0. The molecule has 0 radical (unpaired) electrons. The van der Waals surface area contributed by atoms with Crippen LogP contribution >= 0.6 is 8.22 Å². The van der Waals surface area contributed by atoms with Crippen LogP contribution in [0.1, 0.15) is 32.1 Å².